The van der Waals surface area contributed by atoms with E-state index in [1.54, 1.807) is 6.92 Å². The second-order valence-electron chi connectivity index (χ2n) is 7.33. The summed E-state index contributed by atoms with van der Waals surface area (Å²) in [4.78, 5) is 0. The van der Waals surface area contributed by atoms with Crippen LogP contribution < -0.4 is 0 Å². The van der Waals surface area contributed by atoms with E-state index in [1.807, 2.05) is 6.92 Å². The Kier molecular flexibility index (Phi) is 3.54. The largest absolute Gasteiger partial charge is 0.390 e. The van der Waals surface area contributed by atoms with Crippen LogP contribution >= 0.6 is 0 Å². The number of hydrogen-bond acceptors (Lipinski definition) is 3. The average molecular weight is 256 g/mol. The summed E-state index contributed by atoms with van der Waals surface area (Å²) in [5.74, 6) is 1.03. The van der Waals surface area contributed by atoms with E-state index in [9.17, 15) is 15.3 Å². The van der Waals surface area contributed by atoms with Crippen molar-refractivity contribution in [1.29, 1.82) is 0 Å². The van der Waals surface area contributed by atoms with Crippen LogP contribution in [0.25, 0.3) is 0 Å². The van der Waals surface area contributed by atoms with Crippen molar-refractivity contribution in [3.05, 3.63) is 0 Å². The Morgan fingerprint density at radius 1 is 1.00 bits per heavy atom. The summed E-state index contributed by atoms with van der Waals surface area (Å²) in [7, 11) is 0. The van der Waals surface area contributed by atoms with Crippen molar-refractivity contribution in [3.63, 3.8) is 0 Å². The highest BCUT2D eigenvalue weighted by molar-refractivity contribution is 5.05. The molecule has 0 spiro atoms. The van der Waals surface area contributed by atoms with Gasteiger partial charge in [-0.15, -0.1) is 0 Å². The molecule has 18 heavy (non-hydrogen) atoms. The molecule has 0 amide bonds. The summed E-state index contributed by atoms with van der Waals surface area (Å²) in [6.07, 6.45) is 2.43. The van der Waals surface area contributed by atoms with Gasteiger partial charge < -0.3 is 15.3 Å². The van der Waals surface area contributed by atoms with E-state index in [-0.39, 0.29) is 11.8 Å². The van der Waals surface area contributed by atoms with Crippen LogP contribution in [-0.2, 0) is 0 Å². The van der Waals surface area contributed by atoms with Crippen molar-refractivity contribution in [3.8, 4) is 0 Å². The van der Waals surface area contributed by atoms with Gasteiger partial charge in [-0.1, -0.05) is 13.8 Å². The van der Waals surface area contributed by atoms with Gasteiger partial charge in [-0.3, -0.25) is 0 Å². The lowest BCUT2D eigenvalue weighted by Gasteiger charge is -2.55. The summed E-state index contributed by atoms with van der Waals surface area (Å²) in [6.45, 7) is 7.98. The molecular formula is C15H28O3. The molecule has 2 aliphatic carbocycles. The molecule has 2 aliphatic rings. The first-order valence-corrected chi connectivity index (χ1v) is 7.29. The first kappa shape index (κ1) is 14.3. The molecule has 2 fully saturated rings. The molecule has 3 nitrogen and oxygen atoms in total. The van der Waals surface area contributed by atoms with Crippen molar-refractivity contribution >= 4 is 0 Å². The van der Waals surface area contributed by atoms with E-state index in [0.29, 0.717) is 18.3 Å². The topological polar surface area (TPSA) is 60.7 Å². The fraction of sp³-hybridized carbons (Fsp3) is 1.00. The molecule has 0 aromatic heterocycles. The first-order chi connectivity index (χ1) is 8.17. The molecule has 0 radical (unpaired) electrons. The third-order valence-electron chi connectivity index (χ3n) is 5.56. The van der Waals surface area contributed by atoms with Gasteiger partial charge in [0, 0.05) is 0 Å². The molecule has 6 atom stereocenters. The van der Waals surface area contributed by atoms with Gasteiger partial charge in [-0.05, 0) is 63.2 Å². The summed E-state index contributed by atoms with van der Waals surface area (Å²) < 4.78 is 0. The van der Waals surface area contributed by atoms with E-state index >= 15 is 0 Å². The van der Waals surface area contributed by atoms with Crippen molar-refractivity contribution < 1.29 is 15.3 Å². The smallest absolute Gasteiger partial charge is 0.0880 e. The van der Waals surface area contributed by atoms with Gasteiger partial charge in [0.25, 0.3) is 0 Å². The third-order valence-corrected chi connectivity index (χ3v) is 5.56. The van der Waals surface area contributed by atoms with Crippen molar-refractivity contribution in [2.75, 3.05) is 0 Å². The lowest BCUT2D eigenvalue weighted by molar-refractivity contribution is -0.201. The van der Waals surface area contributed by atoms with Gasteiger partial charge in [0.2, 0.25) is 0 Å². The van der Waals surface area contributed by atoms with Crippen LogP contribution in [0.4, 0.5) is 0 Å². The maximum atomic E-state index is 10.6. The number of aliphatic hydroxyl groups is 3. The van der Waals surface area contributed by atoms with Crippen molar-refractivity contribution in [1.82, 2.24) is 0 Å². The molecular weight excluding hydrogens is 228 g/mol. The molecule has 0 heterocycles. The number of hydrogen-bond donors (Lipinski definition) is 3. The first-order valence-electron chi connectivity index (χ1n) is 7.29. The summed E-state index contributed by atoms with van der Waals surface area (Å²) in [6, 6.07) is 0. The maximum Gasteiger partial charge on any atom is 0.0880 e. The highest BCUT2D eigenvalue weighted by Gasteiger charge is 2.55. The Labute approximate surface area is 110 Å². The summed E-state index contributed by atoms with van der Waals surface area (Å²) in [5.41, 5.74) is -1.69. The molecule has 3 heteroatoms. The zero-order valence-electron chi connectivity index (χ0n) is 12.1. The summed E-state index contributed by atoms with van der Waals surface area (Å²) >= 11 is 0. The molecule has 0 bridgehead atoms. The molecule has 3 N–H and O–H groups in total. The van der Waals surface area contributed by atoms with E-state index in [4.69, 9.17) is 0 Å². The molecule has 0 aromatic rings. The molecule has 0 saturated heterocycles. The second-order valence-corrected chi connectivity index (χ2v) is 7.33. The maximum absolute atomic E-state index is 10.6. The van der Waals surface area contributed by atoms with Gasteiger partial charge >= 0.3 is 0 Å². The molecule has 2 saturated carbocycles. The van der Waals surface area contributed by atoms with E-state index in [1.165, 1.54) is 0 Å². The number of aliphatic hydroxyl groups excluding tert-OH is 1. The lowest BCUT2D eigenvalue weighted by atomic mass is 9.54. The van der Waals surface area contributed by atoms with Crippen molar-refractivity contribution in [2.45, 2.75) is 70.7 Å². The van der Waals surface area contributed by atoms with Crippen molar-refractivity contribution in [2.24, 2.45) is 23.7 Å². The molecule has 0 aliphatic heterocycles. The van der Waals surface area contributed by atoms with Crippen LogP contribution in [0, 0.1) is 23.7 Å². The Hall–Kier alpha value is -0.120. The van der Waals surface area contributed by atoms with Crippen LogP contribution in [-0.4, -0.2) is 32.6 Å². The number of fused-ring (bicyclic) bond motifs is 1. The summed E-state index contributed by atoms with van der Waals surface area (Å²) in [5, 5.41) is 31.4. The molecule has 2 rings (SSSR count). The highest BCUT2D eigenvalue weighted by atomic mass is 16.3. The number of rotatable bonds is 1. The predicted octanol–water partition coefficient (Wildman–Crippen LogP) is 1.94. The Balaban J connectivity index is 2.32. The third kappa shape index (κ3) is 2.21. The van der Waals surface area contributed by atoms with Gasteiger partial charge in [-0.2, -0.15) is 0 Å². The zero-order valence-corrected chi connectivity index (χ0v) is 12.1. The average Bonchev–Trinajstić information content (AvgIpc) is 2.23. The SMILES string of the molecule is CC(C)[C@@H]1CC[C@@](C)(O)[C@@H]2CC[C@@](C)(O)[C@@H](O)[C@H]21. The van der Waals surface area contributed by atoms with Crippen LogP contribution in [0.3, 0.4) is 0 Å². The van der Waals surface area contributed by atoms with Crippen LogP contribution in [0.5, 0.6) is 0 Å². The van der Waals surface area contributed by atoms with Crippen LogP contribution in [0.15, 0.2) is 0 Å². The van der Waals surface area contributed by atoms with Crippen LogP contribution in [0.1, 0.15) is 53.4 Å². The molecule has 106 valence electrons. The molecule has 0 aromatic carbocycles. The second kappa shape index (κ2) is 4.46. The Morgan fingerprint density at radius 3 is 2.11 bits per heavy atom. The minimum absolute atomic E-state index is 0.0255. The fourth-order valence-corrected chi connectivity index (χ4v) is 4.30. The quantitative estimate of drug-likeness (QED) is 0.672. The minimum atomic E-state index is -0.998. The standard InChI is InChI=1S/C15H28O3/c1-9(2)10-5-7-14(3,17)11-6-8-15(4,18)13(16)12(10)11/h9-13,16-18H,5-8H2,1-4H3/t10-,11+,12-,13-,14+,15+/m0/s1. The van der Waals surface area contributed by atoms with Gasteiger partial charge in [0.15, 0.2) is 0 Å². The van der Waals surface area contributed by atoms with Crippen LogP contribution in [0.2, 0.25) is 0 Å². The van der Waals surface area contributed by atoms with Gasteiger partial charge in [-0.25, -0.2) is 0 Å². The lowest BCUT2D eigenvalue weighted by Crippen LogP contribution is -2.60. The van der Waals surface area contributed by atoms with Gasteiger partial charge in [0.1, 0.15) is 0 Å². The van der Waals surface area contributed by atoms with E-state index in [2.05, 4.69) is 13.8 Å². The Bertz CT molecular complexity index is 307. The van der Waals surface area contributed by atoms with Gasteiger partial charge in [0.05, 0.1) is 17.3 Å². The minimum Gasteiger partial charge on any atom is -0.390 e. The predicted molar refractivity (Wildman–Crippen MR) is 71.0 cm³/mol. The monoisotopic (exact) mass is 256 g/mol. The normalized spacial score (nSPS) is 53.3. The fourth-order valence-electron chi connectivity index (χ4n) is 4.30. The van der Waals surface area contributed by atoms with E-state index < -0.39 is 17.3 Å². The van der Waals surface area contributed by atoms with E-state index in [0.717, 1.165) is 19.3 Å². The molecule has 0 unspecified atom stereocenters. The Morgan fingerprint density at radius 2 is 1.56 bits per heavy atom. The highest BCUT2D eigenvalue weighted by Crippen LogP contribution is 2.52. The zero-order chi connectivity index (χ0) is 13.7.